The van der Waals surface area contributed by atoms with E-state index in [9.17, 15) is 13.6 Å². The summed E-state index contributed by atoms with van der Waals surface area (Å²) < 4.78 is 32.8. The van der Waals surface area contributed by atoms with Crippen molar-refractivity contribution in [2.45, 2.75) is 38.8 Å². The van der Waals surface area contributed by atoms with Crippen LogP contribution in [0.4, 0.5) is 19.3 Å². The first-order valence-corrected chi connectivity index (χ1v) is 8.68. The highest BCUT2D eigenvalue weighted by Gasteiger charge is 2.23. The summed E-state index contributed by atoms with van der Waals surface area (Å²) >= 11 is 3.36. The number of halogens is 3. The number of rotatable bonds is 4. The number of carbonyl (C=O) groups excluding carboxylic acids is 1. The van der Waals surface area contributed by atoms with E-state index in [2.05, 4.69) is 26.2 Å². The van der Waals surface area contributed by atoms with Crippen LogP contribution in [0, 0.1) is 11.6 Å². The average molecular weight is 428 g/mol. The van der Waals surface area contributed by atoms with Gasteiger partial charge in [-0.15, -0.1) is 0 Å². The number of nitrogens with zero attached hydrogens (tertiary/aromatic N) is 1. The second kappa shape index (κ2) is 7.99. The largest absolute Gasteiger partial charge is 0.444 e. The van der Waals surface area contributed by atoms with Crippen molar-refractivity contribution in [3.63, 3.8) is 0 Å². The molecule has 0 bridgehead atoms. The zero-order valence-electron chi connectivity index (χ0n) is 14.6. The molecule has 26 heavy (non-hydrogen) atoms. The molecule has 0 spiro atoms. The lowest BCUT2D eigenvalue weighted by Gasteiger charge is -2.24. The molecule has 1 aromatic heterocycles. The van der Waals surface area contributed by atoms with Crippen molar-refractivity contribution in [1.82, 2.24) is 10.3 Å². The second-order valence-corrected chi connectivity index (χ2v) is 7.67. The van der Waals surface area contributed by atoms with Crippen LogP contribution >= 0.6 is 15.9 Å². The summed E-state index contributed by atoms with van der Waals surface area (Å²) in [6.07, 6.45) is 0.893. The molecule has 0 saturated heterocycles. The minimum absolute atomic E-state index is 0.115. The number of nitrogens with one attached hydrogen (secondary N) is 1. The number of alkyl carbamates (subject to hydrolysis) is 1. The van der Waals surface area contributed by atoms with Crippen molar-refractivity contribution < 1.29 is 18.3 Å². The molecule has 0 radical (unpaired) electrons. The number of pyridine rings is 1. The first-order valence-electron chi connectivity index (χ1n) is 7.89. The Labute approximate surface area is 159 Å². The van der Waals surface area contributed by atoms with Crippen LogP contribution in [0.1, 0.15) is 38.1 Å². The predicted octanol–water partition coefficient (Wildman–Crippen LogP) is 4.51. The summed E-state index contributed by atoms with van der Waals surface area (Å²) in [4.78, 5) is 16.4. The Morgan fingerprint density at radius 2 is 1.88 bits per heavy atom. The predicted molar refractivity (Wildman–Crippen MR) is 98.5 cm³/mol. The van der Waals surface area contributed by atoms with E-state index in [1.54, 1.807) is 26.8 Å². The molecule has 1 atom stereocenters. The molecule has 0 saturated carbocycles. The topological polar surface area (TPSA) is 77.2 Å². The van der Waals surface area contributed by atoms with E-state index in [-0.39, 0.29) is 6.42 Å². The SMILES string of the molecule is CC(C)(C)OC(=O)N[C@@H](Cc1cc(F)cc(F)c1)c1ncc(N)cc1Br. The van der Waals surface area contributed by atoms with Gasteiger partial charge in [0, 0.05) is 10.5 Å². The maximum Gasteiger partial charge on any atom is 0.408 e. The number of carbonyl (C=O) groups is 1. The van der Waals surface area contributed by atoms with Crippen molar-refractivity contribution in [3.8, 4) is 0 Å². The summed E-state index contributed by atoms with van der Waals surface area (Å²) in [6.45, 7) is 5.21. The van der Waals surface area contributed by atoms with Gasteiger partial charge in [-0.1, -0.05) is 0 Å². The van der Waals surface area contributed by atoms with Gasteiger partial charge in [0.2, 0.25) is 0 Å². The minimum atomic E-state index is -0.694. The molecular weight excluding hydrogens is 408 g/mol. The molecule has 0 unspecified atom stereocenters. The first-order chi connectivity index (χ1) is 12.0. The van der Waals surface area contributed by atoms with Crippen LogP contribution in [0.3, 0.4) is 0 Å². The minimum Gasteiger partial charge on any atom is -0.444 e. The lowest BCUT2D eigenvalue weighted by Crippen LogP contribution is -2.36. The van der Waals surface area contributed by atoms with E-state index in [0.717, 1.165) is 6.07 Å². The fraction of sp³-hybridized carbons (Fsp3) is 0.333. The Kier molecular flexibility index (Phi) is 6.17. The second-order valence-electron chi connectivity index (χ2n) is 6.82. The standard InChI is InChI=1S/C18H20BrF2N3O2/c1-18(2,3)26-17(25)24-15(16-14(19)8-13(22)9-23-16)6-10-4-11(20)7-12(21)5-10/h4-5,7-9,15H,6,22H2,1-3H3,(H,24,25)/t15-/m0/s1. The highest BCUT2D eigenvalue weighted by molar-refractivity contribution is 9.10. The third kappa shape index (κ3) is 5.94. The van der Waals surface area contributed by atoms with E-state index in [4.69, 9.17) is 10.5 Å². The zero-order valence-corrected chi connectivity index (χ0v) is 16.2. The van der Waals surface area contributed by atoms with E-state index in [1.807, 2.05) is 0 Å². The molecule has 0 aliphatic heterocycles. The van der Waals surface area contributed by atoms with Gasteiger partial charge in [-0.25, -0.2) is 13.6 Å². The Bertz CT molecular complexity index is 789. The van der Waals surface area contributed by atoms with Gasteiger partial charge in [0.25, 0.3) is 0 Å². The van der Waals surface area contributed by atoms with Crippen LogP contribution in [-0.4, -0.2) is 16.7 Å². The molecule has 1 aromatic carbocycles. The number of aromatic nitrogens is 1. The number of hydrogen-bond acceptors (Lipinski definition) is 4. The van der Waals surface area contributed by atoms with Crippen molar-refractivity contribution >= 4 is 27.7 Å². The van der Waals surface area contributed by atoms with Crippen molar-refractivity contribution in [2.24, 2.45) is 0 Å². The van der Waals surface area contributed by atoms with E-state index >= 15 is 0 Å². The van der Waals surface area contributed by atoms with E-state index in [0.29, 0.717) is 21.4 Å². The van der Waals surface area contributed by atoms with E-state index in [1.165, 1.54) is 18.3 Å². The number of ether oxygens (including phenoxy) is 1. The molecule has 2 rings (SSSR count). The molecular formula is C18H20BrF2N3O2. The van der Waals surface area contributed by atoms with Crippen LogP contribution in [0.5, 0.6) is 0 Å². The number of amides is 1. The van der Waals surface area contributed by atoms with Crippen LogP contribution < -0.4 is 11.1 Å². The summed E-state index contributed by atoms with van der Waals surface area (Å²) in [7, 11) is 0. The van der Waals surface area contributed by atoms with Gasteiger partial charge in [-0.2, -0.15) is 0 Å². The van der Waals surface area contributed by atoms with Crippen LogP contribution in [0.25, 0.3) is 0 Å². The Morgan fingerprint density at radius 1 is 1.27 bits per heavy atom. The third-order valence-corrected chi connectivity index (χ3v) is 3.91. The molecule has 5 nitrogen and oxygen atoms in total. The number of hydrogen-bond donors (Lipinski definition) is 2. The summed E-state index contributed by atoms with van der Waals surface area (Å²) in [6, 6.07) is 4.16. The Morgan fingerprint density at radius 3 is 2.42 bits per heavy atom. The van der Waals surface area contributed by atoms with Crippen molar-refractivity contribution in [3.05, 3.63) is 57.8 Å². The molecule has 0 aliphatic rings. The lowest BCUT2D eigenvalue weighted by atomic mass is 10.0. The average Bonchev–Trinajstić information content (AvgIpc) is 2.43. The molecule has 3 N–H and O–H groups in total. The maximum atomic E-state index is 13.5. The van der Waals surface area contributed by atoms with Gasteiger partial charge >= 0.3 is 6.09 Å². The van der Waals surface area contributed by atoms with Gasteiger partial charge in [0.1, 0.15) is 17.2 Å². The molecule has 1 heterocycles. The zero-order chi connectivity index (χ0) is 19.5. The maximum absolute atomic E-state index is 13.5. The summed E-state index contributed by atoms with van der Waals surface area (Å²) in [5, 5.41) is 2.70. The fourth-order valence-corrected chi connectivity index (χ4v) is 2.99. The highest BCUT2D eigenvalue weighted by Crippen LogP contribution is 2.27. The van der Waals surface area contributed by atoms with Crippen molar-refractivity contribution in [1.29, 1.82) is 0 Å². The van der Waals surface area contributed by atoms with Crippen LogP contribution in [-0.2, 0) is 11.2 Å². The summed E-state index contributed by atoms with van der Waals surface area (Å²) in [5.41, 5.74) is 6.29. The molecule has 140 valence electrons. The highest BCUT2D eigenvalue weighted by atomic mass is 79.9. The molecule has 2 aromatic rings. The summed E-state index contributed by atoms with van der Waals surface area (Å²) in [5.74, 6) is -1.39. The number of nitrogen functional groups attached to an aromatic ring is 1. The fourth-order valence-electron chi connectivity index (χ4n) is 2.35. The first kappa shape index (κ1) is 20.1. The van der Waals surface area contributed by atoms with Crippen LogP contribution in [0.15, 0.2) is 34.9 Å². The molecule has 0 aliphatic carbocycles. The van der Waals surface area contributed by atoms with Gasteiger partial charge < -0.3 is 15.8 Å². The number of nitrogens with two attached hydrogens (primary N) is 1. The quantitative estimate of drug-likeness (QED) is 0.751. The normalized spacial score (nSPS) is 12.5. The third-order valence-electron chi connectivity index (χ3n) is 3.27. The van der Waals surface area contributed by atoms with Gasteiger partial charge in [0.05, 0.1) is 23.6 Å². The van der Waals surface area contributed by atoms with Gasteiger partial charge in [0.15, 0.2) is 0 Å². The Balaban J connectivity index is 2.33. The molecule has 1 amide bonds. The van der Waals surface area contributed by atoms with Gasteiger partial charge in [-0.05, 0) is 66.9 Å². The monoisotopic (exact) mass is 427 g/mol. The smallest absolute Gasteiger partial charge is 0.408 e. The Hall–Kier alpha value is -2.22. The lowest BCUT2D eigenvalue weighted by molar-refractivity contribution is 0.0502. The van der Waals surface area contributed by atoms with E-state index < -0.39 is 29.4 Å². The van der Waals surface area contributed by atoms with Crippen molar-refractivity contribution in [2.75, 3.05) is 5.73 Å². The molecule has 0 fully saturated rings. The molecule has 8 heteroatoms. The van der Waals surface area contributed by atoms with Crippen LogP contribution in [0.2, 0.25) is 0 Å². The number of anilines is 1. The van der Waals surface area contributed by atoms with Gasteiger partial charge in [-0.3, -0.25) is 4.98 Å². The number of benzene rings is 1.